The fourth-order valence-corrected chi connectivity index (χ4v) is 6.53. The number of hydrogen-bond acceptors (Lipinski definition) is 1. The van der Waals surface area contributed by atoms with Gasteiger partial charge in [-0.15, -0.1) is 11.6 Å². The topological polar surface area (TPSA) is 17.1 Å². The summed E-state index contributed by atoms with van der Waals surface area (Å²) < 4.78 is 0. The number of rotatable bonds is 5. The molecular weight excluding hydrogens is 304 g/mol. The Morgan fingerprint density at radius 3 is 2.70 bits per heavy atom. The monoisotopic (exact) mass is 334 g/mol. The van der Waals surface area contributed by atoms with Crippen LogP contribution in [0, 0.1) is 28.1 Å². The Kier molecular flexibility index (Phi) is 4.80. The van der Waals surface area contributed by atoms with Gasteiger partial charge in [-0.3, -0.25) is 0 Å². The van der Waals surface area contributed by atoms with Crippen molar-refractivity contribution in [2.24, 2.45) is 28.1 Å². The molecule has 2 saturated carbocycles. The van der Waals surface area contributed by atoms with Crippen molar-refractivity contribution < 1.29 is 4.79 Å². The van der Waals surface area contributed by atoms with Gasteiger partial charge in [-0.05, 0) is 67.6 Å². The van der Waals surface area contributed by atoms with Crippen molar-refractivity contribution in [1.29, 1.82) is 0 Å². The fourth-order valence-electron chi connectivity index (χ4n) is 6.15. The van der Waals surface area contributed by atoms with Gasteiger partial charge in [0.15, 0.2) is 0 Å². The lowest BCUT2D eigenvalue weighted by Gasteiger charge is -2.61. The van der Waals surface area contributed by atoms with E-state index in [1.807, 2.05) is 0 Å². The Labute approximate surface area is 146 Å². The van der Waals surface area contributed by atoms with Gasteiger partial charge in [-0.2, -0.15) is 0 Å². The Morgan fingerprint density at radius 2 is 2.09 bits per heavy atom. The van der Waals surface area contributed by atoms with Gasteiger partial charge < -0.3 is 4.79 Å². The number of aldehydes is 1. The molecule has 5 unspecified atom stereocenters. The quantitative estimate of drug-likeness (QED) is 0.450. The van der Waals surface area contributed by atoms with Crippen LogP contribution in [0.5, 0.6) is 0 Å². The third kappa shape index (κ3) is 2.95. The van der Waals surface area contributed by atoms with Crippen molar-refractivity contribution >= 4 is 17.9 Å². The van der Waals surface area contributed by atoms with Crippen LogP contribution in [0.2, 0.25) is 0 Å². The molecule has 0 radical (unpaired) electrons. The van der Waals surface area contributed by atoms with Gasteiger partial charge in [0.1, 0.15) is 6.29 Å². The van der Waals surface area contributed by atoms with Gasteiger partial charge in [0.2, 0.25) is 0 Å². The Morgan fingerprint density at radius 1 is 1.26 bits per heavy atom. The van der Waals surface area contributed by atoms with Crippen LogP contribution in [0.25, 0.3) is 0 Å². The molecule has 2 heteroatoms. The average Bonchev–Trinajstić information content (AvgIpc) is 2.58. The zero-order valence-corrected chi connectivity index (χ0v) is 15.4. The minimum atomic E-state index is -0.148. The summed E-state index contributed by atoms with van der Waals surface area (Å²) in [5.41, 5.74) is 0.542. The van der Waals surface area contributed by atoms with Crippen LogP contribution in [-0.4, -0.2) is 12.2 Å². The second-order valence-electron chi connectivity index (χ2n) is 8.73. The van der Waals surface area contributed by atoms with Crippen molar-refractivity contribution in [2.45, 2.75) is 65.2 Å². The molecule has 0 saturated heterocycles. The zero-order valence-electron chi connectivity index (χ0n) is 14.7. The largest absolute Gasteiger partial charge is 0.303 e. The molecule has 2 fully saturated rings. The SMILES string of the molecule is CCC1(CCCl)CCC2(C3C=CC=CC3)CC1CC(C)(C=O)C2. The maximum Gasteiger partial charge on any atom is 0.125 e. The van der Waals surface area contributed by atoms with Gasteiger partial charge >= 0.3 is 0 Å². The average molecular weight is 335 g/mol. The van der Waals surface area contributed by atoms with E-state index >= 15 is 0 Å². The predicted molar refractivity (Wildman–Crippen MR) is 97.6 cm³/mol. The van der Waals surface area contributed by atoms with E-state index in [9.17, 15) is 4.79 Å². The first-order valence-electron chi connectivity index (χ1n) is 9.37. The maximum absolute atomic E-state index is 11.9. The van der Waals surface area contributed by atoms with Crippen molar-refractivity contribution in [3.63, 3.8) is 0 Å². The van der Waals surface area contributed by atoms with Crippen molar-refractivity contribution in [1.82, 2.24) is 0 Å². The lowest BCUT2D eigenvalue weighted by Crippen LogP contribution is -2.52. The molecule has 3 aliphatic carbocycles. The number of hydrogen-bond donors (Lipinski definition) is 0. The summed E-state index contributed by atoms with van der Waals surface area (Å²) in [6.45, 7) is 4.53. The predicted octanol–water partition coefficient (Wildman–Crippen LogP) is 5.93. The van der Waals surface area contributed by atoms with E-state index in [1.165, 1.54) is 32.0 Å². The standard InChI is InChI=1S/C21H31ClO/c1-3-20(11-12-22)9-10-21(17-7-5-4-6-8-17)14-18(20)13-19(2,15-21)16-23/h4-7,16-18H,3,8-15H2,1-2H3. The number of carbonyl (C=O) groups excluding carboxylic acids is 1. The number of allylic oxidation sites excluding steroid dienone is 4. The molecule has 5 atom stereocenters. The molecular formula is C21H31ClO. The minimum Gasteiger partial charge on any atom is -0.303 e. The summed E-state index contributed by atoms with van der Waals surface area (Å²) >= 11 is 6.18. The molecule has 2 bridgehead atoms. The molecule has 3 rings (SSSR count). The molecule has 0 aromatic heterocycles. The highest BCUT2D eigenvalue weighted by Crippen LogP contribution is 2.65. The first-order valence-corrected chi connectivity index (χ1v) is 9.91. The lowest BCUT2D eigenvalue weighted by atomic mass is 9.44. The Bertz CT molecular complexity index is 510. The minimum absolute atomic E-state index is 0.148. The normalized spacial score (nSPS) is 45.9. The molecule has 1 nitrogen and oxygen atoms in total. The van der Waals surface area contributed by atoms with E-state index in [0.717, 1.165) is 31.6 Å². The summed E-state index contributed by atoms with van der Waals surface area (Å²) in [6, 6.07) is 0. The highest BCUT2D eigenvalue weighted by molar-refractivity contribution is 6.17. The van der Waals surface area contributed by atoms with Crippen LogP contribution >= 0.6 is 11.6 Å². The third-order valence-corrected chi connectivity index (χ3v) is 7.65. The zero-order chi connectivity index (χ0) is 16.6. The van der Waals surface area contributed by atoms with E-state index in [0.29, 0.717) is 22.7 Å². The van der Waals surface area contributed by atoms with Gasteiger partial charge in [-0.25, -0.2) is 0 Å². The van der Waals surface area contributed by atoms with E-state index in [-0.39, 0.29) is 5.41 Å². The number of fused-ring (bicyclic) bond motifs is 2. The summed E-state index contributed by atoms with van der Waals surface area (Å²) in [5, 5.41) is 0. The summed E-state index contributed by atoms with van der Waals surface area (Å²) in [4.78, 5) is 11.9. The fraction of sp³-hybridized carbons (Fsp3) is 0.762. The van der Waals surface area contributed by atoms with Crippen LogP contribution in [-0.2, 0) is 4.79 Å². The van der Waals surface area contributed by atoms with Gasteiger partial charge in [0.25, 0.3) is 0 Å². The molecule has 0 aromatic carbocycles. The highest BCUT2D eigenvalue weighted by Gasteiger charge is 2.57. The van der Waals surface area contributed by atoms with E-state index in [4.69, 9.17) is 11.6 Å². The maximum atomic E-state index is 11.9. The number of carbonyl (C=O) groups is 1. The van der Waals surface area contributed by atoms with Gasteiger partial charge in [-0.1, -0.05) is 44.6 Å². The molecule has 3 aliphatic rings. The molecule has 0 spiro atoms. The summed E-state index contributed by atoms with van der Waals surface area (Å²) in [7, 11) is 0. The molecule has 0 amide bonds. The first-order chi connectivity index (χ1) is 11.0. The van der Waals surface area contributed by atoms with Gasteiger partial charge in [0.05, 0.1) is 0 Å². The second kappa shape index (κ2) is 6.39. The molecule has 0 aliphatic heterocycles. The summed E-state index contributed by atoms with van der Waals surface area (Å²) in [5.74, 6) is 2.02. The van der Waals surface area contributed by atoms with E-state index < -0.39 is 0 Å². The molecule has 0 heterocycles. The molecule has 0 N–H and O–H groups in total. The molecule has 128 valence electrons. The Hall–Kier alpha value is -0.560. The highest BCUT2D eigenvalue weighted by atomic mass is 35.5. The van der Waals surface area contributed by atoms with Crippen LogP contribution in [0.15, 0.2) is 24.3 Å². The Balaban J connectivity index is 1.95. The van der Waals surface area contributed by atoms with Crippen LogP contribution < -0.4 is 0 Å². The van der Waals surface area contributed by atoms with Crippen molar-refractivity contribution in [3.05, 3.63) is 24.3 Å². The van der Waals surface area contributed by atoms with Crippen LogP contribution in [0.1, 0.15) is 65.2 Å². The number of halogens is 1. The van der Waals surface area contributed by atoms with Gasteiger partial charge in [0, 0.05) is 11.3 Å². The van der Waals surface area contributed by atoms with E-state index in [2.05, 4.69) is 38.2 Å². The smallest absolute Gasteiger partial charge is 0.125 e. The second-order valence-corrected chi connectivity index (χ2v) is 9.10. The first kappa shape index (κ1) is 17.3. The lowest BCUT2D eigenvalue weighted by molar-refractivity contribution is -0.135. The van der Waals surface area contributed by atoms with Crippen molar-refractivity contribution in [2.75, 3.05) is 5.88 Å². The van der Waals surface area contributed by atoms with Crippen LogP contribution in [0.4, 0.5) is 0 Å². The van der Waals surface area contributed by atoms with E-state index in [1.54, 1.807) is 0 Å². The van der Waals surface area contributed by atoms with Crippen LogP contribution in [0.3, 0.4) is 0 Å². The third-order valence-electron chi connectivity index (χ3n) is 7.46. The molecule has 23 heavy (non-hydrogen) atoms. The number of alkyl halides is 1. The molecule has 0 aromatic rings. The van der Waals surface area contributed by atoms with Crippen molar-refractivity contribution in [3.8, 4) is 0 Å². The summed E-state index contributed by atoms with van der Waals surface area (Å²) in [6.07, 6.45) is 19.8.